The van der Waals surface area contributed by atoms with Gasteiger partial charge >= 0.3 is 11.9 Å². The molecule has 1 aliphatic rings. The van der Waals surface area contributed by atoms with Crippen LogP contribution in [0.15, 0.2) is 0 Å². The Kier molecular flexibility index (Phi) is 12.9. The van der Waals surface area contributed by atoms with E-state index in [-0.39, 0.29) is 11.8 Å². The fourth-order valence-electron chi connectivity index (χ4n) is 5.96. The minimum atomic E-state index is -1.30. The van der Waals surface area contributed by atoms with Crippen LogP contribution in [0.25, 0.3) is 0 Å². The molecule has 0 bridgehead atoms. The number of aliphatic carboxylic acids is 2. The highest BCUT2D eigenvalue weighted by molar-refractivity contribution is 5.93. The first-order valence-corrected chi connectivity index (χ1v) is 13.1. The van der Waals surface area contributed by atoms with Crippen LogP contribution in [0.3, 0.4) is 0 Å². The molecule has 0 radical (unpaired) electrons. The maximum atomic E-state index is 11.6. The predicted molar refractivity (Wildman–Crippen MR) is 132 cm³/mol. The molecule has 0 aliphatic heterocycles. The third-order valence-corrected chi connectivity index (χ3v) is 8.35. The Morgan fingerprint density at radius 2 is 1.47 bits per heavy atom. The molecule has 1 fully saturated rings. The Balaban J connectivity index is 2.61. The lowest BCUT2D eigenvalue weighted by atomic mass is 9.73. The highest BCUT2D eigenvalue weighted by Crippen LogP contribution is 2.44. The number of nitrogens with one attached hydrogen (secondary N) is 1. The van der Waals surface area contributed by atoms with Crippen molar-refractivity contribution in [2.45, 2.75) is 105 Å². The van der Waals surface area contributed by atoms with Crippen molar-refractivity contribution in [2.24, 2.45) is 47.3 Å². The first-order valence-electron chi connectivity index (χ1n) is 13.1. The SMILES string of the molecule is CNC(C)CCC(C)CCC1CCC(C(CCC(C(C)C)C(C(=O)O)C(=O)O)C(C)C)C1. The lowest BCUT2D eigenvalue weighted by Gasteiger charge is -2.31. The highest BCUT2D eigenvalue weighted by atomic mass is 16.4. The van der Waals surface area contributed by atoms with Crippen LogP contribution in [0.5, 0.6) is 0 Å². The van der Waals surface area contributed by atoms with Crippen LogP contribution >= 0.6 is 0 Å². The van der Waals surface area contributed by atoms with Crippen molar-refractivity contribution in [1.29, 1.82) is 0 Å². The maximum absolute atomic E-state index is 11.6. The van der Waals surface area contributed by atoms with Gasteiger partial charge in [-0.2, -0.15) is 0 Å². The molecule has 1 saturated carbocycles. The number of carbonyl (C=O) groups is 2. The first-order chi connectivity index (χ1) is 15.0. The van der Waals surface area contributed by atoms with Crippen LogP contribution in [-0.4, -0.2) is 35.2 Å². The third kappa shape index (κ3) is 9.41. The van der Waals surface area contributed by atoms with Gasteiger partial charge in [0.15, 0.2) is 5.92 Å². The van der Waals surface area contributed by atoms with Gasteiger partial charge in [0.05, 0.1) is 0 Å². The summed E-state index contributed by atoms with van der Waals surface area (Å²) in [6, 6.07) is 0.594. The molecule has 3 N–H and O–H groups in total. The van der Waals surface area contributed by atoms with E-state index < -0.39 is 17.9 Å². The number of hydrogen-bond donors (Lipinski definition) is 3. The van der Waals surface area contributed by atoms with Gasteiger partial charge in [0.25, 0.3) is 0 Å². The normalized spacial score (nSPS) is 22.9. The molecular weight excluding hydrogens is 402 g/mol. The van der Waals surface area contributed by atoms with Crippen molar-refractivity contribution in [2.75, 3.05) is 7.05 Å². The van der Waals surface area contributed by atoms with Crippen LogP contribution in [0.1, 0.15) is 99.3 Å². The van der Waals surface area contributed by atoms with Crippen molar-refractivity contribution in [3.05, 3.63) is 0 Å². The zero-order valence-electron chi connectivity index (χ0n) is 21.8. The average molecular weight is 454 g/mol. The molecule has 32 heavy (non-hydrogen) atoms. The molecule has 0 aromatic carbocycles. The molecule has 0 aromatic heterocycles. The molecule has 0 saturated heterocycles. The van der Waals surface area contributed by atoms with Crippen molar-refractivity contribution >= 4 is 11.9 Å². The molecule has 188 valence electrons. The Labute approximate surface area is 197 Å². The van der Waals surface area contributed by atoms with Crippen LogP contribution in [0, 0.1) is 47.3 Å². The molecule has 5 heteroatoms. The molecule has 6 unspecified atom stereocenters. The van der Waals surface area contributed by atoms with E-state index in [1.807, 2.05) is 20.9 Å². The number of hydrogen-bond acceptors (Lipinski definition) is 3. The van der Waals surface area contributed by atoms with Gasteiger partial charge in [0.1, 0.15) is 0 Å². The van der Waals surface area contributed by atoms with Crippen LogP contribution in [-0.2, 0) is 9.59 Å². The zero-order valence-corrected chi connectivity index (χ0v) is 21.8. The van der Waals surface area contributed by atoms with Gasteiger partial charge in [-0.1, -0.05) is 53.9 Å². The summed E-state index contributed by atoms with van der Waals surface area (Å²) >= 11 is 0. The van der Waals surface area contributed by atoms with E-state index in [1.54, 1.807) is 0 Å². The van der Waals surface area contributed by atoms with Gasteiger partial charge in [0.2, 0.25) is 0 Å². The summed E-state index contributed by atoms with van der Waals surface area (Å²) in [6.07, 6.45) is 10.7. The maximum Gasteiger partial charge on any atom is 0.318 e. The molecule has 5 nitrogen and oxygen atoms in total. The molecular formula is C27H51NO4. The number of carboxylic acids is 2. The largest absolute Gasteiger partial charge is 0.481 e. The molecule has 0 aromatic rings. The van der Waals surface area contributed by atoms with E-state index in [2.05, 4.69) is 33.0 Å². The van der Waals surface area contributed by atoms with Crippen molar-refractivity contribution in [1.82, 2.24) is 5.32 Å². The van der Waals surface area contributed by atoms with Gasteiger partial charge in [0, 0.05) is 6.04 Å². The fourth-order valence-corrected chi connectivity index (χ4v) is 5.96. The summed E-state index contributed by atoms with van der Waals surface area (Å²) in [4.78, 5) is 23.2. The van der Waals surface area contributed by atoms with Gasteiger partial charge in [-0.15, -0.1) is 0 Å². The summed E-state index contributed by atoms with van der Waals surface area (Å²) < 4.78 is 0. The second-order valence-corrected chi connectivity index (χ2v) is 11.4. The van der Waals surface area contributed by atoms with Gasteiger partial charge in [-0.25, -0.2) is 0 Å². The Hall–Kier alpha value is -1.10. The highest BCUT2D eigenvalue weighted by Gasteiger charge is 2.38. The monoisotopic (exact) mass is 453 g/mol. The van der Waals surface area contributed by atoms with E-state index in [0.717, 1.165) is 18.3 Å². The topological polar surface area (TPSA) is 86.6 Å². The van der Waals surface area contributed by atoms with Crippen LogP contribution in [0.4, 0.5) is 0 Å². The van der Waals surface area contributed by atoms with Gasteiger partial charge < -0.3 is 15.5 Å². The standard InChI is InChI=1S/C27H51NO4/c1-17(2)23(14-15-24(18(3)4)25(26(29)30)27(31)32)22-13-12-21(16-22)11-9-19(5)8-10-20(6)28-7/h17-25,28H,8-16H2,1-7H3,(H,29,30)(H,31,32). The quantitative estimate of drug-likeness (QED) is 0.238. The molecule has 1 rings (SSSR count). The summed E-state index contributed by atoms with van der Waals surface area (Å²) in [5.41, 5.74) is 0. The summed E-state index contributed by atoms with van der Waals surface area (Å²) in [6.45, 7) is 13.1. The summed E-state index contributed by atoms with van der Waals surface area (Å²) in [7, 11) is 2.03. The predicted octanol–water partition coefficient (Wildman–Crippen LogP) is 6.32. The van der Waals surface area contributed by atoms with E-state index in [0.29, 0.717) is 30.2 Å². The lowest BCUT2D eigenvalue weighted by Crippen LogP contribution is -2.35. The smallest absolute Gasteiger partial charge is 0.318 e. The number of rotatable bonds is 16. The molecule has 1 aliphatic carbocycles. The third-order valence-electron chi connectivity index (χ3n) is 8.35. The van der Waals surface area contributed by atoms with E-state index in [1.165, 1.54) is 44.9 Å². The van der Waals surface area contributed by atoms with E-state index in [4.69, 9.17) is 0 Å². The zero-order chi connectivity index (χ0) is 24.4. The van der Waals surface area contributed by atoms with Gasteiger partial charge in [-0.05, 0) is 93.9 Å². The fraction of sp³-hybridized carbons (Fsp3) is 0.926. The first kappa shape index (κ1) is 28.9. The van der Waals surface area contributed by atoms with E-state index >= 15 is 0 Å². The molecule has 0 amide bonds. The van der Waals surface area contributed by atoms with Gasteiger partial charge in [-0.3, -0.25) is 9.59 Å². The number of carboxylic acid groups (broad SMARTS) is 2. The van der Waals surface area contributed by atoms with Crippen molar-refractivity contribution < 1.29 is 19.8 Å². The second-order valence-electron chi connectivity index (χ2n) is 11.4. The molecule has 0 spiro atoms. The van der Waals surface area contributed by atoms with Crippen molar-refractivity contribution in [3.8, 4) is 0 Å². The lowest BCUT2D eigenvalue weighted by molar-refractivity contribution is -0.158. The summed E-state index contributed by atoms with van der Waals surface area (Å²) in [5.74, 6) is -0.578. The Bertz CT molecular complexity index is 548. The minimum Gasteiger partial charge on any atom is -0.481 e. The minimum absolute atomic E-state index is 0.0449. The molecule has 0 heterocycles. The van der Waals surface area contributed by atoms with Crippen LogP contribution in [0.2, 0.25) is 0 Å². The summed E-state index contributed by atoms with van der Waals surface area (Å²) in [5, 5.41) is 22.3. The van der Waals surface area contributed by atoms with E-state index in [9.17, 15) is 19.8 Å². The molecule has 6 atom stereocenters. The Morgan fingerprint density at radius 3 is 1.97 bits per heavy atom. The Morgan fingerprint density at radius 1 is 0.844 bits per heavy atom. The average Bonchev–Trinajstić information content (AvgIpc) is 3.17. The van der Waals surface area contributed by atoms with Crippen LogP contribution < -0.4 is 5.32 Å². The van der Waals surface area contributed by atoms with Crippen molar-refractivity contribution in [3.63, 3.8) is 0 Å². The second kappa shape index (κ2) is 14.2.